The Balaban J connectivity index is 1.87. The molecule has 0 bridgehead atoms. The Hall–Kier alpha value is -1.88. The second-order valence-corrected chi connectivity index (χ2v) is 4.69. The van der Waals surface area contributed by atoms with Gasteiger partial charge in [-0.1, -0.05) is 30.3 Å². The van der Waals surface area contributed by atoms with Gasteiger partial charge in [0.2, 0.25) is 5.91 Å². The number of imide groups is 1. The normalized spacial score (nSPS) is 18.4. The third-order valence-corrected chi connectivity index (χ3v) is 3.30. The summed E-state index contributed by atoms with van der Waals surface area (Å²) in [4.78, 5) is 25.2. The van der Waals surface area contributed by atoms with Crippen LogP contribution in [-0.2, 0) is 11.2 Å². The number of nitrogens with one attached hydrogen (secondary N) is 1. The van der Waals surface area contributed by atoms with Crippen LogP contribution in [0.2, 0.25) is 0 Å². The largest absolute Gasteiger partial charge is 0.394 e. The van der Waals surface area contributed by atoms with Crippen molar-refractivity contribution in [3.63, 3.8) is 0 Å². The first kappa shape index (κ1) is 13.5. The highest BCUT2D eigenvalue weighted by atomic mass is 16.3. The van der Waals surface area contributed by atoms with Crippen molar-refractivity contribution in [3.05, 3.63) is 35.9 Å². The molecule has 1 unspecified atom stereocenters. The number of urea groups is 1. The number of hydrogen-bond donors (Lipinski definition) is 2. The molecule has 1 fully saturated rings. The van der Waals surface area contributed by atoms with Crippen LogP contribution < -0.4 is 5.32 Å². The van der Waals surface area contributed by atoms with Crippen molar-refractivity contribution in [3.8, 4) is 0 Å². The average Bonchev–Trinajstić information content (AvgIpc) is 2.88. The Kier molecular flexibility index (Phi) is 4.52. The molecule has 0 aliphatic carbocycles. The van der Waals surface area contributed by atoms with Gasteiger partial charge in [-0.15, -0.1) is 0 Å². The minimum Gasteiger partial charge on any atom is -0.394 e. The van der Waals surface area contributed by atoms with Gasteiger partial charge in [-0.05, 0) is 18.4 Å². The van der Waals surface area contributed by atoms with E-state index in [1.54, 1.807) is 0 Å². The Labute approximate surface area is 112 Å². The van der Waals surface area contributed by atoms with E-state index in [-0.39, 0.29) is 25.0 Å². The third-order valence-electron chi connectivity index (χ3n) is 3.30. The summed E-state index contributed by atoms with van der Waals surface area (Å²) in [5.41, 5.74) is 0.868. The van der Waals surface area contributed by atoms with Crippen LogP contribution in [0, 0.1) is 0 Å². The summed E-state index contributed by atoms with van der Waals surface area (Å²) in [5.74, 6) is -0.320. The van der Waals surface area contributed by atoms with Gasteiger partial charge < -0.3 is 10.0 Å². The number of carbonyl (C=O) groups is 2. The van der Waals surface area contributed by atoms with E-state index < -0.39 is 6.03 Å². The molecule has 1 aliphatic heterocycles. The van der Waals surface area contributed by atoms with Gasteiger partial charge in [-0.25, -0.2) is 4.79 Å². The average molecular weight is 262 g/mol. The lowest BCUT2D eigenvalue weighted by molar-refractivity contribution is -0.119. The van der Waals surface area contributed by atoms with Crippen molar-refractivity contribution in [2.75, 3.05) is 13.2 Å². The molecule has 2 N–H and O–H groups in total. The van der Waals surface area contributed by atoms with Crippen molar-refractivity contribution in [1.29, 1.82) is 0 Å². The van der Waals surface area contributed by atoms with Gasteiger partial charge >= 0.3 is 6.03 Å². The van der Waals surface area contributed by atoms with Crippen LogP contribution in [0.3, 0.4) is 0 Å². The molecule has 1 aliphatic rings. The first-order valence-electron chi connectivity index (χ1n) is 6.46. The molecular formula is C14H18N2O3. The van der Waals surface area contributed by atoms with E-state index in [4.69, 9.17) is 5.11 Å². The lowest BCUT2D eigenvalue weighted by Gasteiger charge is -2.22. The molecule has 1 aromatic carbocycles. The van der Waals surface area contributed by atoms with Crippen molar-refractivity contribution in [1.82, 2.24) is 10.2 Å². The highest BCUT2D eigenvalue weighted by molar-refractivity contribution is 5.95. The number of likely N-dealkylation sites (tertiary alicyclic amines) is 1. The first-order valence-corrected chi connectivity index (χ1v) is 6.46. The molecule has 1 heterocycles. The number of aliphatic hydroxyl groups is 1. The summed E-state index contributed by atoms with van der Waals surface area (Å²) >= 11 is 0. The standard InChI is InChI=1S/C14H18N2O3/c17-10-12-7-4-8-16(12)14(19)15-13(18)9-11-5-2-1-3-6-11/h1-3,5-6,12,17H,4,7-10H2,(H,15,18,19). The van der Waals surface area contributed by atoms with Crippen LogP contribution in [0.15, 0.2) is 30.3 Å². The second kappa shape index (κ2) is 6.33. The zero-order valence-corrected chi connectivity index (χ0v) is 10.7. The SMILES string of the molecule is O=C(Cc1ccccc1)NC(=O)N1CCCC1CO. The van der Waals surface area contributed by atoms with E-state index in [0.717, 1.165) is 18.4 Å². The molecule has 0 radical (unpaired) electrons. The number of hydrogen-bond acceptors (Lipinski definition) is 3. The van der Waals surface area contributed by atoms with E-state index in [1.165, 1.54) is 4.90 Å². The van der Waals surface area contributed by atoms with Gasteiger partial charge in [0.15, 0.2) is 0 Å². The fourth-order valence-electron chi connectivity index (χ4n) is 2.31. The molecule has 0 aromatic heterocycles. The maximum Gasteiger partial charge on any atom is 0.324 e. The molecule has 0 spiro atoms. The second-order valence-electron chi connectivity index (χ2n) is 4.69. The van der Waals surface area contributed by atoms with Crippen molar-refractivity contribution < 1.29 is 14.7 Å². The predicted octanol–water partition coefficient (Wildman–Crippen LogP) is 0.922. The summed E-state index contributed by atoms with van der Waals surface area (Å²) in [7, 11) is 0. The monoisotopic (exact) mass is 262 g/mol. The zero-order chi connectivity index (χ0) is 13.7. The van der Waals surface area contributed by atoms with Crippen LogP contribution >= 0.6 is 0 Å². The summed E-state index contributed by atoms with van der Waals surface area (Å²) < 4.78 is 0. The van der Waals surface area contributed by atoms with Crippen LogP contribution in [0.1, 0.15) is 18.4 Å². The van der Waals surface area contributed by atoms with Gasteiger partial charge in [0.1, 0.15) is 0 Å². The van der Waals surface area contributed by atoms with Gasteiger partial charge in [-0.2, -0.15) is 0 Å². The smallest absolute Gasteiger partial charge is 0.324 e. The fourth-order valence-corrected chi connectivity index (χ4v) is 2.31. The maximum absolute atomic E-state index is 11.9. The summed E-state index contributed by atoms with van der Waals surface area (Å²) in [5, 5.41) is 11.5. The Morgan fingerprint density at radius 3 is 2.74 bits per heavy atom. The van der Waals surface area contributed by atoms with E-state index in [2.05, 4.69) is 5.32 Å². The molecule has 2 rings (SSSR count). The van der Waals surface area contributed by atoms with Crippen LogP contribution in [-0.4, -0.2) is 41.1 Å². The minimum atomic E-state index is -0.405. The number of amides is 3. The van der Waals surface area contributed by atoms with Gasteiger partial charge in [0.25, 0.3) is 0 Å². The van der Waals surface area contributed by atoms with Crippen molar-refractivity contribution >= 4 is 11.9 Å². The van der Waals surface area contributed by atoms with E-state index in [1.807, 2.05) is 30.3 Å². The number of nitrogens with zero attached hydrogens (tertiary/aromatic N) is 1. The van der Waals surface area contributed by atoms with Crippen LogP contribution in [0.5, 0.6) is 0 Å². The Morgan fingerprint density at radius 1 is 1.32 bits per heavy atom. The van der Waals surface area contributed by atoms with Crippen molar-refractivity contribution in [2.45, 2.75) is 25.3 Å². The fraction of sp³-hybridized carbons (Fsp3) is 0.429. The molecule has 1 atom stereocenters. The molecule has 5 nitrogen and oxygen atoms in total. The topological polar surface area (TPSA) is 69.6 Å². The number of carbonyl (C=O) groups excluding carboxylic acids is 2. The highest BCUT2D eigenvalue weighted by Gasteiger charge is 2.28. The molecule has 3 amide bonds. The van der Waals surface area contributed by atoms with E-state index >= 15 is 0 Å². The molecule has 102 valence electrons. The quantitative estimate of drug-likeness (QED) is 0.851. The lowest BCUT2D eigenvalue weighted by atomic mass is 10.1. The zero-order valence-electron chi connectivity index (χ0n) is 10.7. The summed E-state index contributed by atoms with van der Waals surface area (Å²) in [6.07, 6.45) is 1.84. The van der Waals surface area contributed by atoms with Crippen LogP contribution in [0.25, 0.3) is 0 Å². The third kappa shape index (κ3) is 3.54. The summed E-state index contributed by atoms with van der Waals surface area (Å²) in [6.45, 7) is 0.538. The highest BCUT2D eigenvalue weighted by Crippen LogP contribution is 2.16. The number of benzene rings is 1. The van der Waals surface area contributed by atoms with E-state index in [9.17, 15) is 9.59 Å². The van der Waals surface area contributed by atoms with Gasteiger partial charge in [0, 0.05) is 6.54 Å². The number of rotatable bonds is 3. The molecule has 1 saturated heterocycles. The minimum absolute atomic E-state index is 0.0553. The maximum atomic E-state index is 11.9. The Morgan fingerprint density at radius 2 is 2.05 bits per heavy atom. The molecular weight excluding hydrogens is 244 g/mol. The molecule has 5 heteroatoms. The lowest BCUT2D eigenvalue weighted by Crippen LogP contribution is -2.46. The van der Waals surface area contributed by atoms with Crippen LogP contribution in [0.4, 0.5) is 4.79 Å². The van der Waals surface area contributed by atoms with Crippen molar-refractivity contribution in [2.24, 2.45) is 0 Å². The first-order chi connectivity index (χ1) is 9.20. The summed E-state index contributed by atoms with van der Waals surface area (Å²) in [6, 6.07) is 8.71. The molecule has 1 aromatic rings. The Bertz CT molecular complexity index is 447. The molecule has 19 heavy (non-hydrogen) atoms. The van der Waals surface area contributed by atoms with E-state index in [0.29, 0.717) is 6.54 Å². The number of aliphatic hydroxyl groups excluding tert-OH is 1. The van der Waals surface area contributed by atoms with Gasteiger partial charge in [0.05, 0.1) is 19.1 Å². The molecule has 0 saturated carbocycles. The van der Waals surface area contributed by atoms with Gasteiger partial charge in [-0.3, -0.25) is 10.1 Å². The predicted molar refractivity (Wildman–Crippen MR) is 70.5 cm³/mol.